The fraction of sp³-hybridized carbons (Fsp3) is 0. The maximum absolute atomic E-state index is 5.12. The van der Waals surface area contributed by atoms with Gasteiger partial charge in [-0.2, -0.15) is 35.9 Å². The number of benzene rings is 7. The first-order valence-electron chi connectivity index (χ1n) is 18.3. The number of hydrogen-bond acceptors (Lipinski definition) is 4. The molecule has 7 aromatic carbocycles. The average molecular weight is 956 g/mol. The standard InChI is InChI=1S/C51H31N3S.U/c1-3-11-34(12-4-1)45-31-39(40-24-26-50-46(32-40)44-17-9-10-18-49(44)55-50)23-25-42(45)35-19-21-37(22-20-35)47-33-48(54-51(53-47)38-13-5-2-6-14-38)43-16-8-7-15-41(43)36-27-29-52-30-28-36;/h1-11,13-30,32-33H;/q-2;+2. The van der Waals surface area contributed by atoms with Gasteiger partial charge in [0.05, 0.1) is 11.4 Å². The van der Waals surface area contributed by atoms with Crippen molar-refractivity contribution in [1.29, 1.82) is 0 Å². The maximum Gasteiger partial charge on any atom is 2.00 e. The molecule has 0 fully saturated rings. The minimum Gasteiger partial charge on any atom is -0.265 e. The summed E-state index contributed by atoms with van der Waals surface area (Å²) in [4.78, 5) is 14.5. The molecule has 3 heterocycles. The van der Waals surface area contributed by atoms with Crippen molar-refractivity contribution < 1.29 is 31.1 Å². The van der Waals surface area contributed by atoms with Gasteiger partial charge >= 0.3 is 31.1 Å². The summed E-state index contributed by atoms with van der Waals surface area (Å²) in [6.07, 6.45) is 3.65. The molecule has 0 saturated carbocycles. The Morgan fingerprint density at radius 3 is 1.93 bits per heavy atom. The Morgan fingerprint density at radius 2 is 1.11 bits per heavy atom. The summed E-state index contributed by atoms with van der Waals surface area (Å²) < 4.78 is 2.60. The van der Waals surface area contributed by atoms with Gasteiger partial charge in [-0.3, -0.25) is 4.98 Å². The van der Waals surface area contributed by atoms with Crippen LogP contribution in [0.2, 0.25) is 0 Å². The largest absolute Gasteiger partial charge is 2.00 e. The summed E-state index contributed by atoms with van der Waals surface area (Å²) in [6, 6.07) is 68.7. The zero-order valence-corrected chi connectivity index (χ0v) is 35.1. The first kappa shape index (κ1) is 35.7. The number of pyridine rings is 1. The maximum atomic E-state index is 5.12. The first-order chi connectivity index (χ1) is 27.2. The van der Waals surface area contributed by atoms with Crippen LogP contribution in [0.1, 0.15) is 0 Å². The minimum atomic E-state index is 0. The normalized spacial score (nSPS) is 11.1. The molecule has 5 heteroatoms. The van der Waals surface area contributed by atoms with Gasteiger partial charge in [0.25, 0.3) is 0 Å². The van der Waals surface area contributed by atoms with Crippen molar-refractivity contribution in [2.75, 3.05) is 0 Å². The van der Waals surface area contributed by atoms with E-state index in [-0.39, 0.29) is 31.1 Å². The Balaban J connectivity index is 0.00000410. The van der Waals surface area contributed by atoms with E-state index < -0.39 is 0 Å². The average Bonchev–Trinajstić information content (AvgIpc) is 3.65. The Bertz CT molecular complexity index is 2960. The first-order valence-corrected chi connectivity index (χ1v) is 19.1. The van der Waals surface area contributed by atoms with Crippen LogP contribution in [0, 0.1) is 43.2 Å². The van der Waals surface area contributed by atoms with E-state index in [1.54, 1.807) is 0 Å². The molecule has 3 aromatic heterocycles. The van der Waals surface area contributed by atoms with Crippen molar-refractivity contribution in [3.63, 3.8) is 0 Å². The van der Waals surface area contributed by atoms with Gasteiger partial charge in [0.1, 0.15) is 0 Å². The molecule has 0 amide bonds. The molecule has 56 heavy (non-hydrogen) atoms. The van der Waals surface area contributed by atoms with Crippen LogP contribution in [0.3, 0.4) is 0 Å². The molecule has 0 atom stereocenters. The van der Waals surface area contributed by atoms with E-state index in [1.807, 2.05) is 66.2 Å². The number of thiophene rings is 1. The molecule has 0 aliphatic rings. The number of hydrogen-bond donors (Lipinski definition) is 0. The molecule has 0 spiro atoms. The topological polar surface area (TPSA) is 38.7 Å². The van der Waals surface area contributed by atoms with E-state index in [0.717, 1.165) is 72.6 Å². The summed E-state index contributed by atoms with van der Waals surface area (Å²) in [6.45, 7) is 0. The van der Waals surface area contributed by atoms with Gasteiger partial charge in [0, 0.05) is 38.5 Å². The smallest absolute Gasteiger partial charge is 0.265 e. The molecule has 3 nitrogen and oxygen atoms in total. The van der Waals surface area contributed by atoms with Crippen molar-refractivity contribution in [1.82, 2.24) is 15.0 Å². The summed E-state index contributed by atoms with van der Waals surface area (Å²) in [5, 5.41) is 2.57. The van der Waals surface area contributed by atoms with Crippen LogP contribution in [0.15, 0.2) is 188 Å². The van der Waals surface area contributed by atoms with Gasteiger partial charge in [-0.15, -0.1) is 40.7 Å². The van der Waals surface area contributed by atoms with Crippen molar-refractivity contribution in [2.45, 2.75) is 0 Å². The van der Waals surface area contributed by atoms with Crippen LogP contribution in [-0.2, 0) is 0 Å². The molecular formula is C51H31N3SU. The van der Waals surface area contributed by atoms with E-state index in [4.69, 9.17) is 9.97 Å². The molecule has 0 unspecified atom stereocenters. The minimum absolute atomic E-state index is 0. The zero-order chi connectivity index (χ0) is 36.6. The fourth-order valence-corrected chi connectivity index (χ4v) is 8.40. The fourth-order valence-electron chi connectivity index (χ4n) is 7.32. The Morgan fingerprint density at radius 1 is 0.429 bits per heavy atom. The Labute approximate surface area is 353 Å². The molecule has 0 aliphatic carbocycles. The summed E-state index contributed by atoms with van der Waals surface area (Å²) in [5.41, 5.74) is 13.3. The third kappa shape index (κ3) is 6.91. The molecule has 0 aliphatic heterocycles. The van der Waals surface area contributed by atoms with Gasteiger partial charge in [0.15, 0.2) is 5.82 Å². The van der Waals surface area contributed by atoms with E-state index in [1.165, 1.54) is 20.2 Å². The Kier molecular flexibility index (Phi) is 9.98. The van der Waals surface area contributed by atoms with Gasteiger partial charge in [-0.25, -0.2) is 15.5 Å². The monoisotopic (exact) mass is 955 g/mol. The molecule has 0 N–H and O–H groups in total. The van der Waals surface area contributed by atoms with Crippen LogP contribution in [-0.4, -0.2) is 15.0 Å². The quantitative estimate of drug-likeness (QED) is 0.149. The summed E-state index contributed by atoms with van der Waals surface area (Å²) >= 11 is 1.84. The second-order valence-electron chi connectivity index (χ2n) is 13.4. The molecule has 0 saturated heterocycles. The SMILES string of the molecule is [U+2].[c-]1ccccc1-c1[c-]c(-c2ccc3sc4ccccc4c3c2)ccc1-c1ccc(-c2cc(-c3ccccc3-c3ccncc3)nc(-c3ccccc3)n2)cc1. The molecular weight excluding hydrogens is 925 g/mol. The van der Waals surface area contributed by atoms with Gasteiger partial charge < -0.3 is 0 Å². The van der Waals surface area contributed by atoms with Gasteiger partial charge in [-0.1, -0.05) is 126 Å². The van der Waals surface area contributed by atoms with Crippen LogP contribution < -0.4 is 0 Å². The number of aromatic nitrogens is 3. The van der Waals surface area contributed by atoms with Crippen LogP contribution in [0.5, 0.6) is 0 Å². The van der Waals surface area contributed by atoms with Crippen molar-refractivity contribution >= 4 is 31.5 Å². The summed E-state index contributed by atoms with van der Waals surface area (Å²) in [5.74, 6) is 0.683. The van der Waals surface area contributed by atoms with E-state index in [0.29, 0.717) is 5.82 Å². The van der Waals surface area contributed by atoms with E-state index in [9.17, 15) is 0 Å². The van der Waals surface area contributed by atoms with Crippen molar-refractivity contribution in [2.24, 2.45) is 0 Å². The third-order valence-electron chi connectivity index (χ3n) is 10.1. The second kappa shape index (κ2) is 15.7. The predicted octanol–water partition coefficient (Wildman–Crippen LogP) is 13.5. The number of rotatable bonds is 7. The van der Waals surface area contributed by atoms with Crippen LogP contribution in [0.4, 0.5) is 0 Å². The molecule has 0 bridgehead atoms. The predicted molar refractivity (Wildman–Crippen MR) is 228 cm³/mol. The molecule has 10 rings (SSSR count). The molecule has 10 aromatic rings. The third-order valence-corrected chi connectivity index (χ3v) is 11.2. The Hall–Kier alpha value is -5.96. The molecule has 0 radical (unpaired) electrons. The van der Waals surface area contributed by atoms with E-state index >= 15 is 0 Å². The number of fused-ring (bicyclic) bond motifs is 3. The van der Waals surface area contributed by atoms with Crippen LogP contribution >= 0.6 is 11.3 Å². The second-order valence-corrected chi connectivity index (χ2v) is 14.5. The zero-order valence-electron chi connectivity index (χ0n) is 30.1. The van der Waals surface area contributed by atoms with E-state index in [2.05, 4.69) is 151 Å². The van der Waals surface area contributed by atoms with Crippen LogP contribution in [0.25, 0.3) is 98.6 Å². The van der Waals surface area contributed by atoms with Crippen molar-refractivity contribution in [3.8, 4) is 78.4 Å². The molecule has 260 valence electrons. The number of nitrogens with zero attached hydrogens (tertiary/aromatic N) is 3. The van der Waals surface area contributed by atoms with Crippen molar-refractivity contribution in [3.05, 3.63) is 200 Å². The summed E-state index contributed by atoms with van der Waals surface area (Å²) in [7, 11) is 0. The van der Waals surface area contributed by atoms with Gasteiger partial charge in [0.2, 0.25) is 0 Å². The van der Waals surface area contributed by atoms with Gasteiger partial charge in [-0.05, 0) is 46.2 Å².